The Balaban J connectivity index is 1.29. The smallest absolute Gasteiger partial charge is 0.0562 e. The van der Waals surface area contributed by atoms with Gasteiger partial charge in [-0.15, -0.1) is 11.3 Å². The zero-order valence-corrected chi connectivity index (χ0v) is 28.4. The largest absolute Gasteiger partial charge is 0.309 e. The van der Waals surface area contributed by atoms with Gasteiger partial charge in [0.1, 0.15) is 0 Å². The lowest BCUT2D eigenvalue weighted by Crippen LogP contribution is -2.11. The molecule has 0 fully saturated rings. The van der Waals surface area contributed by atoms with Crippen LogP contribution in [-0.2, 0) is 0 Å². The summed E-state index contributed by atoms with van der Waals surface area (Å²) in [6.07, 6.45) is 0. The summed E-state index contributed by atoms with van der Waals surface area (Å²) in [6, 6.07) is 66.9. The summed E-state index contributed by atoms with van der Waals surface area (Å²) >= 11 is 1.86. The Morgan fingerprint density at radius 1 is 0.373 bits per heavy atom. The third-order valence-corrected chi connectivity index (χ3v) is 11.7. The van der Waals surface area contributed by atoms with Gasteiger partial charge in [0.25, 0.3) is 0 Å². The van der Waals surface area contributed by atoms with E-state index in [0.717, 1.165) is 22.7 Å². The molecule has 9 aromatic carbocycles. The van der Waals surface area contributed by atoms with Gasteiger partial charge in [0.2, 0.25) is 0 Å². The fourth-order valence-corrected chi connectivity index (χ4v) is 9.43. The van der Waals surface area contributed by atoms with Crippen LogP contribution in [0.3, 0.4) is 0 Å². The van der Waals surface area contributed by atoms with Crippen molar-refractivity contribution in [2.24, 2.45) is 0 Å². The molecule has 0 aliphatic rings. The van der Waals surface area contributed by atoms with Crippen molar-refractivity contribution in [3.05, 3.63) is 182 Å². The highest BCUT2D eigenvalue weighted by Gasteiger charge is 2.23. The highest BCUT2D eigenvalue weighted by molar-refractivity contribution is 7.25. The van der Waals surface area contributed by atoms with E-state index in [-0.39, 0.29) is 0 Å². The summed E-state index contributed by atoms with van der Waals surface area (Å²) in [5, 5.41) is 12.6. The van der Waals surface area contributed by atoms with Crippen molar-refractivity contribution < 1.29 is 0 Å². The first-order chi connectivity index (χ1) is 25.3. The second kappa shape index (κ2) is 11.0. The quantitative estimate of drug-likeness (QED) is 0.170. The van der Waals surface area contributed by atoms with Gasteiger partial charge in [0, 0.05) is 47.7 Å². The lowest BCUT2D eigenvalue weighted by Gasteiger charge is -2.28. The summed E-state index contributed by atoms with van der Waals surface area (Å²) < 4.78 is 5.02. The predicted molar refractivity (Wildman–Crippen MR) is 221 cm³/mol. The molecule has 0 aliphatic carbocycles. The van der Waals surface area contributed by atoms with E-state index in [0.29, 0.717) is 0 Å². The molecule has 3 heteroatoms. The Kier molecular flexibility index (Phi) is 6.16. The molecule has 0 spiro atoms. The van der Waals surface area contributed by atoms with Crippen LogP contribution in [0.25, 0.3) is 80.0 Å². The Bertz CT molecular complexity index is 3150. The number of fused-ring (bicyclic) bond motifs is 11. The molecule has 2 heterocycles. The highest BCUT2D eigenvalue weighted by Crippen LogP contribution is 2.48. The van der Waals surface area contributed by atoms with Gasteiger partial charge < -0.3 is 9.47 Å². The second-order valence-electron chi connectivity index (χ2n) is 13.3. The zero-order chi connectivity index (χ0) is 33.5. The summed E-state index contributed by atoms with van der Waals surface area (Å²) in [6.45, 7) is 0. The number of benzene rings is 9. The standard InChI is InChI=1S/C48H30N2S/c1-2-14-33(15-3-1)49-41-19-8-6-18-39(41)48-43(49)21-11-22-44(48)50(34-26-29-46-40(30-34)37-17-7-9-23-45(37)51-46)42-20-10-13-32-25-27-36-35-16-5-4-12-31(35)24-28-38(36)47(32)42/h1-30H. The molecule has 11 rings (SSSR count). The Labute approximate surface area is 298 Å². The molecule has 2 aromatic heterocycles. The number of hydrogen-bond donors (Lipinski definition) is 0. The summed E-state index contributed by atoms with van der Waals surface area (Å²) in [4.78, 5) is 2.52. The molecule has 0 saturated carbocycles. The van der Waals surface area contributed by atoms with Gasteiger partial charge in [0.05, 0.1) is 22.4 Å². The van der Waals surface area contributed by atoms with Gasteiger partial charge in [-0.05, 0) is 87.6 Å². The first-order valence-corrected chi connectivity index (χ1v) is 18.3. The fourth-order valence-electron chi connectivity index (χ4n) is 8.35. The molecule has 0 N–H and O–H groups in total. The number of aromatic nitrogens is 1. The molecule has 11 aromatic rings. The van der Waals surface area contributed by atoms with Crippen LogP contribution in [-0.4, -0.2) is 4.57 Å². The van der Waals surface area contributed by atoms with Crippen molar-refractivity contribution >= 4 is 103 Å². The third-order valence-electron chi connectivity index (χ3n) is 10.5. The van der Waals surface area contributed by atoms with E-state index < -0.39 is 0 Å². The topological polar surface area (TPSA) is 8.17 Å². The lowest BCUT2D eigenvalue weighted by molar-refractivity contribution is 1.18. The van der Waals surface area contributed by atoms with E-state index in [1.807, 2.05) is 11.3 Å². The number of hydrogen-bond acceptors (Lipinski definition) is 2. The number of anilines is 3. The normalized spacial score (nSPS) is 11.9. The van der Waals surface area contributed by atoms with Crippen molar-refractivity contribution in [2.45, 2.75) is 0 Å². The fraction of sp³-hybridized carbons (Fsp3) is 0. The van der Waals surface area contributed by atoms with Gasteiger partial charge >= 0.3 is 0 Å². The van der Waals surface area contributed by atoms with E-state index in [1.54, 1.807) is 0 Å². The van der Waals surface area contributed by atoms with Gasteiger partial charge in [-0.2, -0.15) is 0 Å². The Morgan fingerprint density at radius 3 is 1.92 bits per heavy atom. The minimum absolute atomic E-state index is 1.14. The molecule has 0 bridgehead atoms. The third kappa shape index (κ3) is 4.22. The molecule has 51 heavy (non-hydrogen) atoms. The zero-order valence-electron chi connectivity index (χ0n) is 27.6. The molecule has 2 nitrogen and oxygen atoms in total. The van der Waals surface area contributed by atoms with Crippen molar-refractivity contribution in [2.75, 3.05) is 4.90 Å². The Morgan fingerprint density at radius 2 is 1.02 bits per heavy atom. The van der Waals surface area contributed by atoms with Crippen LogP contribution >= 0.6 is 11.3 Å². The number of rotatable bonds is 4. The SMILES string of the molecule is c1ccc(-n2c3ccccc3c3c(N(c4ccc5sc6ccccc6c5c4)c4cccc5ccc6c7ccccc7ccc6c45)cccc32)cc1. The molecular formula is C48H30N2S. The lowest BCUT2D eigenvalue weighted by atomic mass is 9.95. The molecule has 0 atom stereocenters. The minimum atomic E-state index is 1.14. The number of para-hydroxylation sites is 2. The van der Waals surface area contributed by atoms with Crippen LogP contribution in [0.5, 0.6) is 0 Å². The summed E-state index contributed by atoms with van der Waals surface area (Å²) in [7, 11) is 0. The highest BCUT2D eigenvalue weighted by atomic mass is 32.1. The van der Waals surface area contributed by atoms with Gasteiger partial charge in [-0.3, -0.25) is 0 Å². The van der Waals surface area contributed by atoms with E-state index in [1.165, 1.54) is 74.3 Å². The van der Waals surface area contributed by atoms with Crippen LogP contribution in [0.4, 0.5) is 17.1 Å². The molecule has 0 unspecified atom stereocenters. The molecular weight excluding hydrogens is 637 g/mol. The summed E-state index contributed by atoms with van der Waals surface area (Å²) in [5.41, 5.74) is 6.99. The maximum Gasteiger partial charge on any atom is 0.0562 e. The van der Waals surface area contributed by atoms with Crippen molar-refractivity contribution in [3.63, 3.8) is 0 Å². The molecule has 0 radical (unpaired) electrons. The molecule has 0 aliphatic heterocycles. The molecule has 238 valence electrons. The average Bonchev–Trinajstić information content (AvgIpc) is 3.74. The van der Waals surface area contributed by atoms with Crippen molar-refractivity contribution in [3.8, 4) is 5.69 Å². The van der Waals surface area contributed by atoms with Crippen LogP contribution in [0.1, 0.15) is 0 Å². The first-order valence-electron chi connectivity index (χ1n) is 17.4. The van der Waals surface area contributed by atoms with Gasteiger partial charge in [-0.1, -0.05) is 121 Å². The van der Waals surface area contributed by atoms with Crippen molar-refractivity contribution in [1.82, 2.24) is 4.57 Å². The van der Waals surface area contributed by atoms with Crippen LogP contribution in [0.15, 0.2) is 182 Å². The van der Waals surface area contributed by atoms with E-state index >= 15 is 0 Å². The second-order valence-corrected chi connectivity index (χ2v) is 14.4. The van der Waals surface area contributed by atoms with Crippen LogP contribution < -0.4 is 4.90 Å². The van der Waals surface area contributed by atoms with Crippen molar-refractivity contribution in [1.29, 1.82) is 0 Å². The number of thiophene rings is 1. The first kappa shape index (κ1) is 28.4. The summed E-state index contributed by atoms with van der Waals surface area (Å²) in [5.74, 6) is 0. The Hall–Kier alpha value is -6.42. The monoisotopic (exact) mass is 666 g/mol. The minimum Gasteiger partial charge on any atom is -0.309 e. The van der Waals surface area contributed by atoms with Gasteiger partial charge in [-0.25, -0.2) is 0 Å². The predicted octanol–water partition coefficient (Wildman–Crippen LogP) is 14.1. The van der Waals surface area contributed by atoms with E-state index in [2.05, 4.69) is 191 Å². The van der Waals surface area contributed by atoms with E-state index in [9.17, 15) is 0 Å². The van der Waals surface area contributed by atoms with Crippen LogP contribution in [0, 0.1) is 0 Å². The van der Waals surface area contributed by atoms with Gasteiger partial charge in [0.15, 0.2) is 0 Å². The molecule has 0 saturated heterocycles. The molecule has 0 amide bonds. The maximum absolute atomic E-state index is 2.52. The van der Waals surface area contributed by atoms with Crippen LogP contribution in [0.2, 0.25) is 0 Å². The van der Waals surface area contributed by atoms with E-state index in [4.69, 9.17) is 0 Å². The maximum atomic E-state index is 2.52. The average molecular weight is 667 g/mol. The number of nitrogens with zero attached hydrogens (tertiary/aromatic N) is 2.